The van der Waals surface area contributed by atoms with Crippen LogP contribution in [0.25, 0.3) is 0 Å². The first kappa shape index (κ1) is 18.8. The van der Waals surface area contributed by atoms with Crippen molar-refractivity contribution < 1.29 is 24.2 Å². The van der Waals surface area contributed by atoms with Gasteiger partial charge in [0, 0.05) is 19.5 Å². The molecule has 2 amide bonds. The van der Waals surface area contributed by atoms with E-state index in [2.05, 4.69) is 5.32 Å². The fourth-order valence-electron chi connectivity index (χ4n) is 2.84. The number of carboxylic acids is 1. The van der Waals surface area contributed by atoms with Crippen molar-refractivity contribution in [3.63, 3.8) is 0 Å². The summed E-state index contributed by atoms with van der Waals surface area (Å²) in [4.78, 5) is 37.3. The van der Waals surface area contributed by atoms with E-state index in [1.807, 2.05) is 24.3 Å². The molecule has 1 aliphatic rings. The molecule has 1 fully saturated rings. The molecule has 7 heteroatoms. The highest BCUT2D eigenvalue weighted by Gasteiger charge is 2.36. The molecule has 0 aromatic heterocycles. The molecule has 136 valence electrons. The molecule has 7 nitrogen and oxygen atoms in total. The van der Waals surface area contributed by atoms with Crippen molar-refractivity contribution in [3.05, 3.63) is 29.8 Å². The van der Waals surface area contributed by atoms with E-state index in [0.717, 1.165) is 11.3 Å². The zero-order valence-electron chi connectivity index (χ0n) is 14.7. The molecule has 2 N–H and O–H groups in total. The number of rotatable bonds is 7. The molecule has 1 saturated heterocycles. The number of nitrogens with zero attached hydrogens (tertiary/aromatic N) is 1. The fourth-order valence-corrected chi connectivity index (χ4v) is 2.84. The molecule has 1 aliphatic heterocycles. The molecular formula is C18H24N2O5. The lowest BCUT2D eigenvalue weighted by Crippen LogP contribution is -2.47. The van der Waals surface area contributed by atoms with Gasteiger partial charge in [-0.25, -0.2) is 4.79 Å². The van der Waals surface area contributed by atoms with E-state index >= 15 is 0 Å². The van der Waals surface area contributed by atoms with Crippen LogP contribution in [0.1, 0.15) is 25.8 Å². The summed E-state index contributed by atoms with van der Waals surface area (Å²) in [6.07, 6.45) is 0.104. The first-order valence-electron chi connectivity index (χ1n) is 8.25. The number of carbonyl (C=O) groups excluding carboxylic acids is 2. The van der Waals surface area contributed by atoms with Crippen molar-refractivity contribution in [2.45, 2.75) is 32.9 Å². The average Bonchev–Trinajstić information content (AvgIpc) is 2.93. The Morgan fingerprint density at radius 3 is 2.48 bits per heavy atom. The van der Waals surface area contributed by atoms with E-state index < -0.39 is 17.9 Å². The molecule has 25 heavy (non-hydrogen) atoms. The molecule has 0 spiro atoms. The molecule has 1 aromatic rings. The number of aliphatic carboxylic acids is 1. The van der Waals surface area contributed by atoms with Gasteiger partial charge in [-0.2, -0.15) is 0 Å². The zero-order chi connectivity index (χ0) is 18.6. The number of ether oxygens (including phenoxy) is 1. The minimum Gasteiger partial charge on any atom is -0.497 e. The molecule has 2 atom stereocenters. The SMILES string of the molecule is COc1ccc(CN2CC(C(=O)N[C@@H](C(=O)O)C(C)C)CC2=O)cc1. The summed E-state index contributed by atoms with van der Waals surface area (Å²) in [6.45, 7) is 4.17. The fraction of sp³-hybridized carbons (Fsp3) is 0.500. The topological polar surface area (TPSA) is 95.9 Å². The van der Waals surface area contributed by atoms with Crippen molar-refractivity contribution in [3.8, 4) is 5.75 Å². The van der Waals surface area contributed by atoms with Crippen LogP contribution in [0.15, 0.2) is 24.3 Å². The van der Waals surface area contributed by atoms with Crippen LogP contribution in [0.3, 0.4) is 0 Å². The maximum Gasteiger partial charge on any atom is 0.326 e. The van der Waals surface area contributed by atoms with Crippen molar-refractivity contribution >= 4 is 17.8 Å². The Kier molecular flexibility index (Phi) is 6.01. The highest BCUT2D eigenvalue weighted by atomic mass is 16.5. The summed E-state index contributed by atoms with van der Waals surface area (Å²) in [7, 11) is 1.59. The number of carbonyl (C=O) groups is 3. The van der Waals surface area contributed by atoms with Crippen molar-refractivity contribution in [2.75, 3.05) is 13.7 Å². The van der Waals surface area contributed by atoms with E-state index in [-0.39, 0.29) is 24.2 Å². The van der Waals surface area contributed by atoms with Gasteiger partial charge in [0.05, 0.1) is 13.0 Å². The Balaban J connectivity index is 1.96. The van der Waals surface area contributed by atoms with E-state index in [1.165, 1.54) is 0 Å². The molecular weight excluding hydrogens is 324 g/mol. The largest absolute Gasteiger partial charge is 0.497 e. The Bertz CT molecular complexity index is 641. The predicted octanol–water partition coefficient (Wildman–Crippen LogP) is 1.27. The van der Waals surface area contributed by atoms with Gasteiger partial charge in [-0.15, -0.1) is 0 Å². The lowest BCUT2D eigenvalue weighted by molar-refractivity contribution is -0.143. The van der Waals surface area contributed by atoms with Gasteiger partial charge in [0.15, 0.2) is 0 Å². The van der Waals surface area contributed by atoms with Gasteiger partial charge in [-0.05, 0) is 23.6 Å². The van der Waals surface area contributed by atoms with Gasteiger partial charge < -0.3 is 20.1 Å². The van der Waals surface area contributed by atoms with Crippen LogP contribution < -0.4 is 10.1 Å². The Morgan fingerprint density at radius 2 is 1.96 bits per heavy atom. The van der Waals surface area contributed by atoms with E-state index in [4.69, 9.17) is 4.74 Å². The monoisotopic (exact) mass is 348 g/mol. The summed E-state index contributed by atoms with van der Waals surface area (Å²) in [5.74, 6) is -1.57. The van der Waals surface area contributed by atoms with Crippen LogP contribution in [0.2, 0.25) is 0 Å². The van der Waals surface area contributed by atoms with Gasteiger partial charge in [-0.1, -0.05) is 26.0 Å². The third kappa shape index (κ3) is 4.71. The maximum absolute atomic E-state index is 12.3. The molecule has 0 saturated carbocycles. The predicted molar refractivity (Wildman–Crippen MR) is 90.9 cm³/mol. The smallest absolute Gasteiger partial charge is 0.326 e. The van der Waals surface area contributed by atoms with E-state index in [0.29, 0.717) is 13.1 Å². The molecule has 1 heterocycles. The van der Waals surface area contributed by atoms with Crippen LogP contribution in [0, 0.1) is 11.8 Å². The molecule has 0 bridgehead atoms. The Hall–Kier alpha value is -2.57. The second kappa shape index (κ2) is 8.00. The number of methoxy groups -OCH3 is 1. The number of nitrogens with one attached hydrogen (secondary N) is 1. The van der Waals surface area contributed by atoms with E-state index in [9.17, 15) is 19.5 Å². The highest BCUT2D eigenvalue weighted by Crippen LogP contribution is 2.22. The molecule has 1 unspecified atom stereocenters. The summed E-state index contributed by atoms with van der Waals surface area (Å²) < 4.78 is 5.10. The summed E-state index contributed by atoms with van der Waals surface area (Å²) >= 11 is 0. The minimum atomic E-state index is -1.07. The van der Waals surface area contributed by atoms with Crippen LogP contribution in [0.5, 0.6) is 5.75 Å². The third-order valence-corrected chi connectivity index (χ3v) is 4.35. The van der Waals surface area contributed by atoms with E-state index in [1.54, 1.807) is 25.9 Å². The Labute approximate surface area is 147 Å². The summed E-state index contributed by atoms with van der Waals surface area (Å²) in [5.41, 5.74) is 0.945. The van der Waals surface area contributed by atoms with Gasteiger partial charge >= 0.3 is 5.97 Å². The number of amides is 2. The molecule has 0 aliphatic carbocycles. The quantitative estimate of drug-likeness (QED) is 0.774. The number of hydrogen-bond acceptors (Lipinski definition) is 4. The van der Waals surface area contributed by atoms with Gasteiger partial charge in [-0.3, -0.25) is 9.59 Å². The molecule has 0 radical (unpaired) electrons. The number of likely N-dealkylation sites (tertiary alicyclic amines) is 1. The van der Waals surface area contributed by atoms with Crippen LogP contribution in [-0.4, -0.2) is 47.5 Å². The molecule has 1 aromatic carbocycles. The minimum absolute atomic E-state index is 0.104. The van der Waals surface area contributed by atoms with Gasteiger partial charge in [0.2, 0.25) is 11.8 Å². The number of carboxylic acid groups (broad SMARTS) is 1. The van der Waals surface area contributed by atoms with Crippen molar-refractivity contribution in [2.24, 2.45) is 11.8 Å². The second-order valence-electron chi connectivity index (χ2n) is 6.59. The first-order valence-corrected chi connectivity index (χ1v) is 8.25. The number of benzene rings is 1. The second-order valence-corrected chi connectivity index (χ2v) is 6.59. The Morgan fingerprint density at radius 1 is 1.32 bits per heavy atom. The maximum atomic E-state index is 12.3. The van der Waals surface area contributed by atoms with Gasteiger partial charge in [0.1, 0.15) is 11.8 Å². The third-order valence-electron chi connectivity index (χ3n) is 4.35. The highest BCUT2D eigenvalue weighted by molar-refractivity contribution is 5.91. The van der Waals surface area contributed by atoms with Crippen molar-refractivity contribution in [1.82, 2.24) is 10.2 Å². The summed E-state index contributed by atoms with van der Waals surface area (Å²) in [5, 5.41) is 11.7. The zero-order valence-corrected chi connectivity index (χ0v) is 14.7. The van der Waals surface area contributed by atoms with Gasteiger partial charge in [0.25, 0.3) is 0 Å². The van der Waals surface area contributed by atoms with Crippen LogP contribution in [0.4, 0.5) is 0 Å². The standard InChI is InChI=1S/C18H24N2O5/c1-11(2)16(18(23)24)19-17(22)13-8-15(21)20(10-13)9-12-4-6-14(25-3)7-5-12/h4-7,11,13,16H,8-10H2,1-3H3,(H,19,22)(H,23,24)/t13?,16-/m1/s1. The van der Waals surface area contributed by atoms with Crippen LogP contribution in [-0.2, 0) is 20.9 Å². The number of hydrogen-bond donors (Lipinski definition) is 2. The lowest BCUT2D eigenvalue weighted by atomic mass is 10.0. The summed E-state index contributed by atoms with van der Waals surface area (Å²) in [6, 6.07) is 6.44. The molecule has 2 rings (SSSR count). The first-order chi connectivity index (χ1) is 11.8. The van der Waals surface area contributed by atoms with Crippen LogP contribution >= 0.6 is 0 Å². The normalized spacial score (nSPS) is 18.3. The lowest BCUT2D eigenvalue weighted by Gasteiger charge is -2.20. The average molecular weight is 348 g/mol. The van der Waals surface area contributed by atoms with Crippen molar-refractivity contribution in [1.29, 1.82) is 0 Å².